The van der Waals surface area contributed by atoms with Gasteiger partial charge in [-0.25, -0.2) is 0 Å². The van der Waals surface area contributed by atoms with Crippen LogP contribution >= 0.6 is 0 Å². The summed E-state index contributed by atoms with van der Waals surface area (Å²) in [5.74, 6) is 0. The fourth-order valence-electron chi connectivity index (χ4n) is 1.59. The summed E-state index contributed by atoms with van der Waals surface area (Å²) in [5.41, 5.74) is 3.61. The van der Waals surface area contributed by atoms with E-state index in [1.54, 1.807) is 0 Å². The first-order valence-electron chi connectivity index (χ1n) is 4.31. The Morgan fingerprint density at radius 2 is 1.85 bits per heavy atom. The van der Waals surface area contributed by atoms with Gasteiger partial charge in [-0.15, -0.1) is 0 Å². The van der Waals surface area contributed by atoms with Gasteiger partial charge >= 0.3 is 0 Å². The van der Waals surface area contributed by atoms with Crippen LogP contribution in [0.3, 0.4) is 0 Å². The highest BCUT2D eigenvalue weighted by Gasteiger charge is 2.05. The maximum absolute atomic E-state index is 8.59. The number of aryl methyl sites for hydroxylation is 2. The normalized spacial score (nSPS) is 9.38. The minimum atomic E-state index is 0.436. The number of nitrogens with zero attached hydrogens (tertiary/aromatic N) is 2. The van der Waals surface area contributed by atoms with Crippen LogP contribution in [0.15, 0.2) is 18.2 Å². The number of hydrogen-bond donors (Lipinski definition) is 0. The molecule has 0 radical (unpaired) electrons. The molecule has 0 saturated heterocycles. The van der Waals surface area contributed by atoms with Crippen molar-refractivity contribution in [1.82, 2.24) is 0 Å². The third-order valence-corrected chi connectivity index (χ3v) is 2.13. The van der Waals surface area contributed by atoms with Crippen molar-refractivity contribution in [1.29, 1.82) is 5.26 Å². The van der Waals surface area contributed by atoms with E-state index in [1.807, 2.05) is 18.0 Å². The van der Waals surface area contributed by atoms with E-state index >= 15 is 0 Å². The van der Waals surface area contributed by atoms with Crippen LogP contribution in [-0.2, 0) is 0 Å². The Hall–Kier alpha value is -1.49. The number of nitriles is 1. The van der Waals surface area contributed by atoms with Crippen molar-refractivity contribution in [3.63, 3.8) is 0 Å². The van der Waals surface area contributed by atoms with Crippen LogP contribution in [-0.4, -0.2) is 13.6 Å². The van der Waals surface area contributed by atoms with E-state index < -0.39 is 0 Å². The minimum absolute atomic E-state index is 0.436. The van der Waals surface area contributed by atoms with Gasteiger partial charge < -0.3 is 4.90 Å². The van der Waals surface area contributed by atoms with Gasteiger partial charge in [0.2, 0.25) is 0 Å². The van der Waals surface area contributed by atoms with Crippen LogP contribution in [0.5, 0.6) is 0 Å². The van der Waals surface area contributed by atoms with Gasteiger partial charge in [-0.1, -0.05) is 18.2 Å². The highest BCUT2D eigenvalue weighted by Crippen LogP contribution is 2.22. The van der Waals surface area contributed by atoms with Gasteiger partial charge in [0, 0.05) is 12.7 Å². The van der Waals surface area contributed by atoms with E-state index in [2.05, 4.69) is 32.0 Å². The first-order chi connectivity index (χ1) is 6.16. The Balaban J connectivity index is 3.06. The molecule has 0 bridgehead atoms. The van der Waals surface area contributed by atoms with Crippen molar-refractivity contribution in [3.05, 3.63) is 29.3 Å². The molecule has 0 fully saturated rings. The van der Waals surface area contributed by atoms with Crippen LogP contribution < -0.4 is 4.90 Å². The molecule has 68 valence electrons. The van der Waals surface area contributed by atoms with Crippen LogP contribution in [0.4, 0.5) is 5.69 Å². The number of anilines is 1. The Morgan fingerprint density at radius 1 is 1.31 bits per heavy atom. The topological polar surface area (TPSA) is 27.0 Å². The van der Waals surface area contributed by atoms with Crippen LogP contribution in [0, 0.1) is 25.2 Å². The van der Waals surface area contributed by atoms with Gasteiger partial charge in [0.1, 0.15) is 6.54 Å². The lowest BCUT2D eigenvalue weighted by Gasteiger charge is -2.20. The molecule has 0 heterocycles. The largest absolute Gasteiger partial charge is 0.361 e. The standard InChI is InChI=1S/C11H14N2/c1-9-5-4-6-10(2)11(9)13(3)8-7-12/h4-6H,8H2,1-3H3. The summed E-state index contributed by atoms with van der Waals surface area (Å²) < 4.78 is 0. The van der Waals surface area contributed by atoms with Gasteiger partial charge in [-0.2, -0.15) is 5.26 Å². The average molecular weight is 174 g/mol. The molecular weight excluding hydrogens is 160 g/mol. The zero-order chi connectivity index (χ0) is 9.84. The van der Waals surface area contributed by atoms with E-state index in [0.29, 0.717) is 6.54 Å². The fourth-order valence-corrected chi connectivity index (χ4v) is 1.59. The third-order valence-electron chi connectivity index (χ3n) is 2.13. The van der Waals surface area contributed by atoms with Crippen LogP contribution in [0.1, 0.15) is 11.1 Å². The molecule has 0 N–H and O–H groups in total. The highest BCUT2D eigenvalue weighted by molar-refractivity contribution is 5.58. The second-order valence-corrected chi connectivity index (χ2v) is 3.25. The smallest absolute Gasteiger partial charge is 0.105 e. The van der Waals surface area contributed by atoms with Crippen molar-refractivity contribution < 1.29 is 0 Å². The van der Waals surface area contributed by atoms with Crippen LogP contribution in [0.25, 0.3) is 0 Å². The quantitative estimate of drug-likeness (QED) is 0.643. The van der Waals surface area contributed by atoms with Crippen molar-refractivity contribution >= 4 is 5.69 Å². The highest BCUT2D eigenvalue weighted by atomic mass is 15.1. The molecule has 0 aliphatic rings. The second-order valence-electron chi connectivity index (χ2n) is 3.25. The molecule has 1 rings (SSSR count). The number of hydrogen-bond acceptors (Lipinski definition) is 2. The molecule has 0 aromatic heterocycles. The summed E-state index contributed by atoms with van der Waals surface area (Å²) in [5, 5.41) is 8.59. The van der Waals surface area contributed by atoms with Gasteiger partial charge in [0.25, 0.3) is 0 Å². The SMILES string of the molecule is Cc1cccc(C)c1N(C)CC#N. The van der Waals surface area contributed by atoms with E-state index in [0.717, 1.165) is 0 Å². The molecule has 0 amide bonds. The van der Waals surface area contributed by atoms with Crippen molar-refractivity contribution in [2.75, 3.05) is 18.5 Å². The molecule has 0 aliphatic heterocycles. The number of rotatable bonds is 2. The van der Waals surface area contributed by atoms with E-state index in [9.17, 15) is 0 Å². The fraction of sp³-hybridized carbons (Fsp3) is 0.364. The number of benzene rings is 1. The Morgan fingerprint density at radius 3 is 2.31 bits per heavy atom. The zero-order valence-corrected chi connectivity index (χ0v) is 8.33. The second kappa shape index (κ2) is 3.95. The summed E-state index contributed by atoms with van der Waals surface area (Å²) in [6.07, 6.45) is 0. The summed E-state index contributed by atoms with van der Waals surface area (Å²) in [7, 11) is 1.94. The predicted octanol–water partition coefficient (Wildman–Crippen LogP) is 2.26. The summed E-state index contributed by atoms with van der Waals surface area (Å²) in [6.45, 7) is 4.57. The first kappa shape index (κ1) is 9.60. The van der Waals surface area contributed by atoms with Crippen molar-refractivity contribution in [3.8, 4) is 6.07 Å². The molecule has 2 heteroatoms. The molecule has 2 nitrogen and oxygen atoms in total. The monoisotopic (exact) mass is 174 g/mol. The zero-order valence-electron chi connectivity index (χ0n) is 8.33. The lowest BCUT2D eigenvalue weighted by atomic mass is 10.1. The van der Waals surface area contributed by atoms with Gasteiger partial charge in [-0.05, 0) is 25.0 Å². The summed E-state index contributed by atoms with van der Waals surface area (Å²) >= 11 is 0. The molecule has 1 aromatic rings. The van der Waals surface area contributed by atoms with E-state index in [-0.39, 0.29) is 0 Å². The van der Waals surface area contributed by atoms with Crippen molar-refractivity contribution in [2.24, 2.45) is 0 Å². The minimum Gasteiger partial charge on any atom is -0.361 e. The molecule has 0 atom stereocenters. The van der Waals surface area contributed by atoms with E-state index in [4.69, 9.17) is 5.26 Å². The number of para-hydroxylation sites is 1. The Kier molecular flexibility index (Phi) is 2.92. The molecule has 0 aliphatic carbocycles. The molecular formula is C11H14N2. The first-order valence-corrected chi connectivity index (χ1v) is 4.31. The van der Waals surface area contributed by atoms with Gasteiger partial charge in [0.15, 0.2) is 0 Å². The van der Waals surface area contributed by atoms with Crippen LogP contribution in [0.2, 0.25) is 0 Å². The average Bonchev–Trinajstić information content (AvgIpc) is 2.04. The van der Waals surface area contributed by atoms with E-state index in [1.165, 1.54) is 16.8 Å². The summed E-state index contributed by atoms with van der Waals surface area (Å²) in [4.78, 5) is 1.98. The Bertz CT molecular complexity index is 316. The maximum Gasteiger partial charge on any atom is 0.105 e. The Labute approximate surface area is 79.4 Å². The molecule has 0 spiro atoms. The molecule has 1 aromatic carbocycles. The predicted molar refractivity (Wildman–Crippen MR) is 54.8 cm³/mol. The van der Waals surface area contributed by atoms with Crippen molar-refractivity contribution in [2.45, 2.75) is 13.8 Å². The van der Waals surface area contributed by atoms with Gasteiger partial charge in [-0.3, -0.25) is 0 Å². The third kappa shape index (κ3) is 2.00. The molecule has 0 unspecified atom stereocenters. The lowest BCUT2D eigenvalue weighted by Crippen LogP contribution is -2.19. The maximum atomic E-state index is 8.59. The molecule has 0 saturated carbocycles. The lowest BCUT2D eigenvalue weighted by molar-refractivity contribution is 1.02. The summed E-state index contributed by atoms with van der Waals surface area (Å²) in [6, 6.07) is 8.31. The van der Waals surface area contributed by atoms with Gasteiger partial charge in [0.05, 0.1) is 6.07 Å². The molecule has 13 heavy (non-hydrogen) atoms.